The third-order valence-electron chi connectivity index (χ3n) is 3.52. The monoisotopic (exact) mass is 318 g/mol. The lowest BCUT2D eigenvalue weighted by atomic mass is 10.0. The van der Waals surface area contributed by atoms with Crippen LogP contribution in [0.15, 0.2) is 22.8 Å². The molecule has 2 aromatic rings. The Hall–Kier alpha value is -2.83. The number of carbonyl (C=O) groups is 3. The number of imide groups is 1. The van der Waals surface area contributed by atoms with Gasteiger partial charge in [-0.15, -0.1) is 0 Å². The minimum absolute atomic E-state index is 0.0112. The summed E-state index contributed by atoms with van der Waals surface area (Å²) in [6.45, 7) is 3.42. The summed E-state index contributed by atoms with van der Waals surface area (Å²) in [5.41, 5.74) is 3.56. The highest BCUT2D eigenvalue weighted by Crippen LogP contribution is 2.26. The summed E-state index contributed by atoms with van der Waals surface area (Å²) in [7, 11) is 1.38. The summed E-state index contributed by atoms with van der Waals surface area (Å²) < 4.78 is 10.4. The number of nitrogens with one attached hydrogen (secondary N) is 2. The predicted molar refractivity (Wildman–Crippen MR) is 82.9 cm³/mol. The van der Waals surface area contributed by atoms with Crippen molar-refractivity contribution in [1.82, 2.24) is 10.6 Å². The predicted octanol–water partition coefficient (Wildman–Crippen LogP) is 1.59. The Morgan fingerprint density at radius 2 is 1.96 bits per heavy atom. The van der Waals surface area contributed by atoms with Crippen molar-refractivity contribution < 1.29 is 23.5 Å². The second-order valence-corrected chi connectivity index (χ2v) is 5.11. The molecule has 0 fully saturated rings. The Morgan fingerprint density at radius 3 is 2.65 bits per heavy atom. The fourth-order valence-electron chi connectivity index (χ4n) is 2.10. The summed E-state index contributed by atoms with van der Waals surface area (Å²) in [5, 5.41) is 5.08. The molecule has 1 heterocycles. The molecule has 0 aliphatic heterocycles. The van der Waals surface area contributed by atoms with Crippen LogP contribution < -0.4 is 10.6 Å². The smallest absolute Gasteiger partial charge is 0.321 e. The number of ether oxygens (including phenoxy) is 1. The number of esters is 1. The van der Waals surface area contributed by atoms with Gasteiger partial charge in [0.25, 0.3) is 5.91 Å². The van der Waals surface area contributed by atoms with Crippen molar-refractivity contribution in [1.29, 1.82) is 0 Å². The number of furan rings is 1. The molecule has 0 bridgehead atoms. The second-order valence-electron chi connectivity index (χ2n) is 5.11. The Bertz CT molecular complexity index is 763. The van der Waals surface area contributed by atoms with Crippen molar-refractivity contribution in [2.45, 2.75) is 20.3 Å². The number of amides is 3. The molecule has 0 saturated carbocycles. The summed E-state index contributed by atoms with van der Waals surface area (Å²) in [5.74, 6) is -1.26. The van der Waals surface area contributed by atoms with Gasteiger partial charge in [0.1, 0.15) is 5.58 Å². The molecule has 0 unspecified atom stereocenters. The van der Waals surface area contributed by atoms with Gasteiger partial charge in [-0.05, 0) is 25.0 Å². The molecule has 7 nitrogen and oxygen atoms in total. The maximum atomic E-state index is 11.8. The van der Waals surface area contributed by atoms with Gasteiger partial charge in [-0.1, -0.05) is 12.1 Å². The van der Waals surface area contributed by atoms with E-state index in [0.29, 0.717) is 5.56 Å². The summed E-state index contributed by atoms with van der Waals surface area (Å²) in [6.07, 6.45) is 1.51. The molecule has 0 spiro atoms. The SMILES string of the molecule is CNC(=O)NC(=O)COC(=O)Cc1coc2c(C)c(C)ccc12. The maximum Gasteiger partial charge on any atom is 0.321 e. The van der Waals surface area contributed by atoms with Crippen LogP contribution in [0.25, 0.3) is 11.0 Å². The van der Waals surface area contributed by atoms with E-state index >= 15 is 0 Å². The van der Waals surface area contributed by atoms with Gasteiger partial charge in [0.2, 0.25) is 0 Å². The van der Waals surface area contributed by atoms with Gasteiger partial charge in [-0.2, -0.15) is 0 Å². The minimum Gasteiger partial charge on any atom is -0.464 e. The van der Waals surface area contributed by atoms with Crippen LogP contribution >= 0.6 is 0 Å². The van der Waals surface area contributed by atoms with Crippen LogP contribution in [0.4, 0.5) is 4.79 Å². The van der Waals surface area contributed by atoms with Gasteiger partial charge in [-0.3, -0.25) is 14.9 Å². The zero-order valence-corrected chi connectivity index (χ0v) is 13.2. The van der Waals surface area contributed by atoms with E-state index in [0.717, 1.165) is 22.1 Å². The second kappa shape index (κ2) is 6.95. The average Bonchev–Trinajstić information content (AvgIpc) is 2.92. The van der Waals surface area contributed by atoms with Gasteiger partial charge < -0.3 is 14.5 Å². The minimum atomic E-state index is -0.693. The fourth-order valence-corrected chi connectivity index (χ4v) is 2.10. The zero-order valence-electron chi connectivity index (χ0n) is 13.2. The highest BCUT2D eigenvalue weighted by atomic mass is 16.5. The first kappa shape index (κ1) is 16.5. The molecule has 2 rings (SSSR count). The Labute approximate surface area is 133 Å². The van der Waals surface area contributed by atoms with E-state index in [9.17, 15) is 14.4 Å². The van der Waals surface area contributed by atoms with Gasteiger partial charge in [0.05, 0.1) is 12.7 Å². The van der Waals surface area contributed by atoms with Crippen molar-refractivity contribution in [3.63, 3.8) is 0 Å². The molecule has 1 aromatic carbocycles. The van der Waals surface area contributed by atoms with Crippen LogP contribution in [0.1, 0.15) is 16.7 Å². The largest absolute Gasteiger partial charge is 0.464 e. The zero-order chi connectivity index (χ0) is 17.0. The number of carbonyl (C=O) groups excluding carboxylic acids is 3. The van der Waals surface area contributed by atoms with Crippen LogP contribution in [0.5, 0.6) is 0 Å². The van der Waals surface area contributed by atoms with Crippen LogP contribution in [0.2, 0.25) is 0 Å². The van der Waals surface area contributed by atoms with Gasteiger partial charge in [0.15, 0.2) is 6.61 Å². The number of hydrogen-bond donors (Lipinski definition) is 2. The first-order valence-corrected chi connectivity index (χ1v) is 7.06. The van der Waals surface area contributed by atoms with Crippen molar-refractivity contribution in [3.05, 3.63) is 35.1 Å². The molecule has 0 saturated heterocycles. The highest BCUT2D eigenvalue weighted by molar-refractivity contribution is 5.95. The molecular weight excluding hydrogens is 300 g/mol. The van der Waals surface area contributed by atoms with Crippen LogP contribution in [-0.2, 0) is 20.7 Å². The maximum absolute atomic E-state index is 11.8. The van der Waals surface area contributed by atoms with Crippen molar-refractivity contribution >= 4 is 28.9 Å². The molecule has 7 heteroatoms. The topological polar surface area (TPSA) is 97.6 Å². The van der Waals surface area contributed by atoms with Crippen LogP contribution in [-0.4, -0.2) is 31.6 Å². The van der Waals surface area contributed by atoms with E-state index in [1.54, 1.807) is 0 Å². The lowest BCUT2D eigenvalue weighted by molar-refractivity contribution is -0.147. The first-order chi connectivity index (χ1) is 10.9. The number of hydrogen-bond acceptors (Lipinski definition) is 5. The summed E-state index contributed by atoms with van der Waals surface area (Å²) in [6, 6.07) is 3.19. The molecule has 2 N–H and O–H groups in total. The van der Waals surface area contributed by atoms with Crippen LogP contribution in [0.3, 0.4) is 0 Å². The lowest BCUT2D eigenvalue weighted by Crippen LogP contribution is -2.39. The summed E-state index contributed by atoms with van der Waals surface area (Å²) in [4.78, 5) is 34.1. The molecule has 3 amide bonds. The van der Waals surface area contributed by atoms with Gasteiger partial charge in [0, 0.05) is 18.0 Å². The fraction of sp³-hybridized carbons (Fsp3) is 0.312. The Kier molecular flexibility index (Phi) is 5.00. The van der Waals surface area contributed by atoms with E-state index in [1.807, 2.05) is 31.3 Å². The molecule has 23 heavy (non-hydrogen) atoms. The average molecular weight is 318 g/mol. The third kappa shape index (κ3) is 3.88. The van der Waals surface area contributed by atoms with Crippen molar-refractivity contribution in [2.24, 2.45) is 0 Å². The van der Waals surface area contributed by atoms with Crippen molar-refractivity contribution in [3.8, 4) is 0 Å². The van der Waals surface area contributed by atoms with Crippen molar-refractivity contribution in [2.75, 3.05) is 13.7 Å². The molecule has 1 aromatic heterocycles. The van der Waals surface area contributed by atoms with E-state index in [-0.39, 0.29) is 6.42 Å². The standard InChI is InChI=1S/C16H18N2O5/c1-9-4-5-12-11(7-23-15(12)10(9)2)6-14(20)22-8-13(19)18-16(21)17-3/h4-5,7H,6,8H2,1-3H3,(H2,17,18,19,21). The molecule has 122 valence electrons. The highest BCUT2D eigenvalue weighted by Gasteiger charge is 2.15. The van der Waals surface area contributed by atoms with E-state index < -0.39 is 24.5 Å². The third-order valence-corrected chi connectivity index (χ3v) is 3.52. The Morgan fingerprint density at radius 1 is 1.22 bits per heavy atom. The molecule has 0 aliphatic carbocycles. The number of rotatable bonds is 4. The number of benzene rings is 1. The number of fused-ring (bicyclic) bond motifs is 1. The van der Waals surface area contributed by atoms with Crippen LogP contribution in [0, 0.1) is 13.8 Å². The molecular formula is C16H18N2O5. The number of urea groups is 1. The van der Waals surface area contributed by atoms with Gasteiger partial charge >= 0.3 is 12.0 Å². The van der Waals surface area contributed by atoms with Gasteiger partial charge in [-0.25, -0.2) is 4.79 Å². The first-order valence-electron chi connectivity index (χ1n) is 7.06. The Balaban J connectivity index is 1.97. The molecule has 0 atom stereocenters. The number of aryl methyl sites for hydroxylation is 2. The lowest BCUT2D eigenvalue weighted by Gasteiger charge is -2.05. The summed E-state index contributed by atoms with van der Waals surface area (Å²) >= 11 is 0. The quantitative estimate of drug-likeness (QED) is 0.834. The van der Waals surface area contributed by atoms with E-state index in [4.69, 9.17) is 9.15 Å². The van der Waals surface area contributed by atoms with E-state index in [2.05, 4.69) is 5.32 Å². The molecule has 0 radical (unpaired) electrons. The van der Waals surface area contributed by atoms with E-state index in [1.165, 1.54) is 13.3 Å². The molecule has 0 aliphatic rings. The normalized spacial score (nSPS) is 10.4.